The number of likely N-dealkylation sites (N-methyl/N-ethyl adjacent to an activating group) is 1. The smallest absolute Gasteiger partial charge is 0.265 e. The monoisotopic (exact) mass is 361 g/mol. The van der Waals surface area contributed by atoms with Crippen LogP contribution in [0.5, 0.6) is 0 Å². The molecule has 2 aromatic rings. The zero-order chi connectivity index (χ0) is 18.7. The van der Waals surface area contributed by atoms with E-state index in [9.17, 15) is 9.59 Å². The number of carbonyl (C=O) groups is 1. The predicted molar refractivity (Wildman–Crippen MR) is 99.5 cm³/mol. The summed E-state index contributed by atoms with van der Waals surface area (Å²) in [5.41, 5.74) is 0.237. The van der Waals surface area contributed by atoms with Gasteiger partial charge in [-0.1, -0.05) is 6.92 Å². The van der Waals surface area contributed by atoms with Gasteiger partial charge in [0.2, 0.25) is 5.71 Å². The maximum Gasteiger partial charge on any atom is 0.265 e. The van der Waals surface area contributed by atoms with Crippen LogP contribution >= 0.6 is 0 Å². The Labute approximate surface area is 152 Å². The third kappa shape index (κ3) is 3.81. The molecular formula is C18H27N5O3. The molecular weight excluding hydrogens is 334 g/mol. The molecule has 0 unspecified atom stereocenters. The van der Waals surface area contributed by atoms with Crippen molar-refractivity contribution in [3.63, 3.8) is 0 Å². The number of amides is 1. The number of nitrogens with zero attached hydrogens (tertiary/aromatic N) is 4. The summed E-state index contributed by atoms with van der Waals surface area (Å²) in [6.45, 7) is 10.9. The number of fused-ring (bicyclic) bond motifs is 1. The van der Waals surface area contributed by atoms with Crippen molar-refractivity contribution in [2.45, 2.75) is 20.3 Å². The summed E-state index contributed by atoms with van der Waals surface area (Å²) in [6, 6.07) is 0. The van der Waals surface area contributed by atoms with Crippen molar-refractivity contribution in [3.8, 4) is 0 Å². The maximum atomic E-state index is 12.6. The van der Waals surface area contributed by atoms with Gasteiger partial charge in [0.15, 0.2) is 0 Å². The number of aromatic nitrogens is 2. The highest BCUT2D eigenvalue weighted by Gasteiger charge is 2.22. The van der Waals surface area contributed by atoms with E-state index in [1.54, 1.807) is 14.0 Å². The number of aryl methyl sites for hydroxylation is 2. The van der Waals surface area contributed by atoms with Crippen molar-refractivity contribution < 1.29 is 9.21 Å². The van der Waals surface area contributed by atoms with E-state index in [4.69, 9.17) is 4.42 Å². The second-order valence-corrected chi connectivity index (χ2v) is 6.76. The number of carbonyl (C=O) groups excluding carboxylic acids is 1. The van der Waals surface area contributed by atoms with E-state index >= 15 is 0 Å². The minimum Gasteiger partial charge on any atom is -0.442 e. The standard InChI is InChI=1S/C18H27N5O3/c1-4-22-8-10-23(11-9-22)7-5-6-19-16(24)14-13(2)26-17-15(14)18(25)21(3)12-20-17/h12H,4-11H2,1-3H3,(H,19,24). The van der Waals surface area contributed by atoms with Gasteiger partial charge >= 0.3 is 0 Å². The fourth-order valence-electron chi connectivity index (χ4n) is 3.38. The lowest BCUT2D eigenvalue weighted by atomic mass is 10.1. The highest BCUT2D eigenvalue weighted by molar-refractivity contribution is 6.06. The number of hydrogen-bond acceptors (Lipinski definition) is 6. The molecule has 1 amide bonds. The molecule has 26 heavy (non-hydrogen) atoms. The fraction of sp³-hybridized carbons (Fsp3) is 0.611. The van der Waals surface area contributed by atoms with Crippen LogP contribution in [0.1, 0.15) is 29.5 Å². The molecule has 8 heteroatoms. The largest absolute Gasteiger partial charge is 0.442 e. The molecule has 1 aliphatic heterocycles. The van der Waals surface area contributed by atoms with Crippen LogP contribution < -0.4 is 10.9 Å². The first-order chi connectivity index (χ1) is 12.5. The third-order valence-corrected chi connectivity index (χ3v) is 5.02. The van der Waals surface area contributed by atoms with Crippen LogP contribution in [0.4, 0.5) is 0 Å². The Balaban J connectivity index is 1.56. The predicted octanol–water partition coefficient (Wildman–Crippen LogP) is 0.592. The van der Waals surface area contributed by atoms with Crippen molar-refractivity contribution >= 4 is 17.0 Å². The van der Waals surface area contributed by atoms with Gasteiger partial charge in [-0.05, 0) is 26.4 Å². The highest BCUT2D eigenvalue weighted by Crippen LogP contribution is 2.20. The first-order valence-electron chi connectivity index (χ1n) is 9.19. The molecule has 0 saturated carbocycles. The van der Waals surface area contributed by atoms with Crippen molar-refractivity contribution in [3.05, 3.63) is 28.0 Å². The second kappa shape index (κ2) is 8.01. The molecule has 3 rings (SSSR count). The molecule has 0 spiro atoms. The van der Waals surface area contributed by atoms with E-state index in [0.717, 1.165) is 45.7 Å². The molecule has 2 aromatic heterocycles. The highest BCUT2D eigenvalue weighted by atomic mass is 16.3. The number of piperazine rings is 1. The van der Waals surface area contributed by atoms with Crippen LogP contribution in [-0.4, -0.2) is 71.1 Å². The van der Waals surface area contributed by atoms with Gasteiger partial charge in [-0.3, -0.25) is 9.59 Å². The first kappa shape index (κ1) is 18.6. The molecule has 0 bridgehead atoms. The lowest BCUT2D eigenvalue weighted by molar-refractivity contribution is 0.0948. The topological polar surface area (TPSA) is 83.6 Å². The van der Waals surface area contributed by atoms with Crippen LogP contribution in [0.2, 0.25) is 0 Å². The zero-order valence-corrected chi connectivity index (χ0v) is 15.7. The third-order valence-electron chi connectivity index (χ3n) is 5.02. The first-order valence-corrected chi connectivity index (χ1v) is 9.19. The van der Waals surface area contributed by atoms with Crippen LogP contribution in [-0.2, 0) is 7.05 Å². The van der Waals surface area contributed by atoms with Gasteiger partial charge in [-0.2, -0.15) is 0 Å². The minimum atomic E-state index is -0.276. The lowest BCUT2D eigenvalue weighted by Gasteiger charge is -2.33. The molecule has 0 aromatic carbocycles. The lowest BCUT2D eigenvalue weighted by Crippen LogP contribution is -2.46. The minimum absolute atomic E-state index is 0.213. The number of furan rings is 1. The van der Waals surface area contributed by atoms with E-state index in [0.29, 0.717) is 17.9 Å². The molecule has 0 atom stereocenters. The molecule has 0 aliphatic carbocycles. The van der Waals surface area contributed by atoms with Gasteiger partial charge in [0.05, 0.1) is 5.56 Å². The van der Waals surface area contributed by atoms with Crippen LogP contribution in [0.3, 0.4) is 0 Å². The number of hydrogen-bond donors (Lipinski definition) is 1. The van der Waals surface area contributed by atoms with E-state index in [2.05, 4.69) is 27.0 Å². The number of nitrogens with one attached hydrogen (secondary N) is 1. The average Bonchev–Trinajstić information content (AvgIpc) is 2.99. The van der Waals surface area contributed by atoms with Gasteiger partial charge in [0.1, 0.15) is 17.5 Å². The summed E-state index contributed by atoms with van der Waals surface area (Å²) in [5, 5.41) is 3.16. The Hall–Kier alpha value is -2.19. The Morgan fingerprint density at radius 1 is 1.27 bits per heavy atom. The van der Waals surface area contributed by atoms with Crippen LogP contribution in [0.25, 0.3) is 11.1 Å². The van der Waals surface area contributed by atoms with Crippen molar-refractivity contribution in [2.24, 2.45) is 7.05 Å². The summed E-state index contributed by atoms with van der Waals surface area (Å²) in [7, 11) is 1.61. The molecule has 1 saturated heterocycles. The van der Waals surface area contributed by atoms with Crippen molar-refractivity contribution in [1.82, 2.24) is 24.7 Å². The Bertz CT molecular complexity index is 833. The normalized spacial score (nSPS) is 16.3. The Morgan fingerprint density at radius 3 is 2.65 bits per heavy atom. The molecule has 3 heterocycles. The molecule has 1 fully saturated rings. The van der Waals surface area contributed by atoms with Crippen molar-refractivity contribution in [1.29, 1.82) is 0 Å². The van der Waals surface area contributed by atoms with Gasteiger partial charge in [-0.25, -0.2) is 4.98 Å². The van der Waals surface area contributed by atoms with E-state index in [1.807, 2.05) is 0 Å². The average molecular weight is 361 g/mol. The van der Waals surface area contributed by atoms with Gasteiger partial charge in [0.25, 0.3) is 11.5 Å². The molecule has 8 nitrogen and oxygen atoms in total. The van der Waals surface area contributed by atoms with E-state index in [1.165, 1.54) is 10.9 Å². The molecule has 1 aliphatic rings. The number of rotatable bonds is 6. The summed E-state index contributed by atoms with van der Waals surface area (Å²) >= 11 is 0. The van der Waals surface area contributed by atoms with Gasteiger partial charge in [-0.15, -0.1) is 0 Å². The quantitative estimate of drug-likeness (QED) is 0.759. The summed E-state index contributed by atoms with van der Waals surface area (Å²) < 4.78 is 6.83. The van der Waals surface area contributed by atoms with E-state index < -0.39 is 0 Å². The van der Waals surface area contributed by atoms with E-state index in [-0.39, 0.29) is 22.6 Å². The Kier molecular flexibility index (Phi) is 5.73. The fourth-order valence-corrected chi connectivity index (χ4v) is 3.38. The van der Waals surface area contributed by atoms with Gasteiger partial charge < -0.3 is 24.1 Å². The molecule has 1 N–H and O–H groups in total. The maximum absolute atomic E-state index is 12.6. The van der Waals surface area contributed by atoms with Gasteiger partial charge in [0, 0.05) is 39.8 Å². The second-order valence-electron chi connectivity index (χ2n) is 6.76. The molecule has 142 valence electrons. The van der Waals surface area contributed by atoms with Crippen LogP contribution in [0.15, 0.2) is 15.5 Å². The SMILES string of the molecule is CCN1CCN(CCCNC(=O)c2c(C)oc3ncn(C)c(=O)c23)CC1. The zero-order valence-electron chi connectivity index (χ0n) is 15.7. The summed E-state index contributed by atoms with van der Waals surface area (Å²) in [6.07, 6.45) is 2.27. The van der Waals surface area contributed by atoms with Crippen molar-refractivity contribution in [2.75, 3.05) is 45.8 Å². The molecule has 0 radical (unpaired) electrons. The Morgan fingerprint density at radius 2 is 1.96 bits per heavy atom. The summed E-state index contributed by atoms with van der Waals surface area (Å²) in [4.78, 5) is 33.8. The summed E-state index contributed by atoms with van der Waals surface area (Å²) in [5.74, 6) is 0.145. The van der Waals surface area contributed by atoms with Crippen LogP contribution in [0, 0.1) is 6.92 Å².